The zero-order chi connectivity index (χ0) is 11.7. The number of para-hydroxylation sites is 1. The summed E-state index contributed by atoms with van der Waals surface area (Å²) < 4.78 is 4.45. The number of nitro groups is 1. The molecule has 7 heteroatoms. The Kier molecular flexibility index (Phi) is 9.58. The second-order valence-corrected chi connectivity index (χ2v) is 2.20. The minimum Gasteiger partial charge on any atom is -0.393 e. The van der Waals surface area contributed by atoms with Crippen LogP contribution in [0, 0.1) is 10.1 Å². The summed E-state index contributed by atoms with van der Waals surface area (Å²) in [6, 6.07) is 8.30. The van der Waals surface area contributed by atoms with Crippen LogP contribution in [-0.4, -0.2) is 23.4 Å². The first kappa shape index (κ1) is 16.3. The van der Waals surface area contributed by atoms with Gasteiger partial charge in [-0.05, 0) is 12.1 Å². The molecule has 0 aliphatic carbocycles. The maximum Gasteiger partial charge on any atom is 0.545 e. The van der Waals surface area contributed by atoms with Crippen molar-refractivity contribution in [3.63, 3.8) is 0 Å². The lowest BCUT2D eigenvalue weighted by Gasteiger charge is -1.98. The molecule has 0 spiro atoms. The first-order valence-corrected chi connectivity index (χ1v) is 3.72. The summed E-state index contributed by atoms with van der Waals surface area (Å²) in [7, 11) is 0.889. The predicted octanol–water partition coefficient (Wildman–Crippen LogP) is 2.20. The van der Waals surface area contributed by atoms with Gasteiger partial charge in [0.1, 0.15) is 5.75 Å². The number of carbonyl (C=O) groups excluding carboxylic acids is 1. The second-order valence-electron chi connectivity index (χ2n) is 2.20. The zero-order valence-electron chi connectivity index (χ0n) is 7.82. The van der Waals surface area contributed by atoms with Gasteiger partial charge in [0.25, 0.3) is 0 Å². The summed E-state index contributed by atoms with van der Waals surface area (Å²) in [4.78, 5) is 21.9. The van der Waals surface area contributed by atoms with Gasteiger partial charge in [-0.15, -0.1) is 0 Å². The number of hydrogen-bond donors (Lipinski definition) is 1. The van der Waals surface area contributed by atoms with Gasteiger partial charge in [0.15, 0.2) is 7.05 Å². The number of carbonyl (C=O) groups is 1. The maximum absolute atomic E-state index is 10.3. The fourth-order valence-corrected chi connectivity index (χ4v) is 0.603. The molecule has 1 rings (SSSR count). The van der Waals surface area contributed by atoms with Crippen LogP contribution in [0.3, 0.4) is 0 Å². The van der Waals surface area contributed by atoms with E-state index < -0.39 is 11.1 Å². The third-order valence-corrected chi connectivity index (χ3v) is 1.02. The van der Waals surface area contributed by atoms with Crippen LogP contribution in [0.25, 0.3) is 0 Å². The Labute approximate surface area is 92.3 Å². The van der Waals surface area contributed by atoms with E-state index in [2.05, 4.69) is 9.62 Å². The molecule has 0 aliphatic rings. The molecule has 0 saturated carbocycles. The van der Waals surface area contributed by atoms with Gasteiger partial charge in [-0.1, -0.05) is 25.6 Å². The van der Waals surface area contributed by atoms with Gasteiger partial charge >= 0.3 is 6.16 Å². The van der Waals surface area contributed by atoms with Crippen LogP contribution in [-0.2, 0) is 4.89 Å². The second kappa shape index (κ2) is 9.41. The molecule has 16 heavy (non-hydrogen) atoms. The van der Waals surface area contributed by atoms with Crippen molar-refractivity contribution < 1.29 is 24.6 Å². The van der Waals surface area contributed by atoms with E-state index in [0.29, 0.717) is 5.75 Å². The molecule has 90 valence electrons. The minimum atomic E-state index is -1.14. The summed E-state index contributed by atoms with van der Waals surface area (Å²) in [5.41, 5.74) is 0. The molecule has 7 nitrogen and oxygen atoms in total. The number of nitrogens with zero attached hydrogens (tertiary/aromatic N) is 1. The van der Waals surface area contributed by atoms with Gasteiger partial charge in [0, 0.05) is 4.92 Å². The van der Waals surface area contributed by atoms with Crippen LogP contribution >= 0.6 is 0 Å². The maximum atomic E-state index is 10.3. The molecule has 0 fully saturated rings. The Morgan fingerprint density at radius 2 is 1.81 bits per heavy atom. The molecule has 1 aromatic rings. The molecule has 0 bridgehead atoms. The largest absolute Gasteiger partial charge is 0.545 e. The number of ether oxygens (including phenoxy) is 1. The highest BCUT2D eigenvalue weighted by Crippen LogP contribution is 2.08. The van der Waals surface area contributed by atoms with E-state index in [1.54, 1.807) is 30.3 Å². The van der Waals surface area contributed by atoms with E-state index in [4.69, 9.17) is 15.4 Å². The van der Waals surface area contributed by atoms with Crippen LogP contribution < -0.4 is 4.74 Å². The fraction of sp³-hybridized carbons (Fsp3) is 0.222. The molecule has 0 atom stereocenters. The molecular formula is C9H13NO6. The fourth-order valence-electron chi connectivity index (χ4n) is 0.603. The van der Waals surface area contributed by atoms with Crippen LogP contribution in [0.2, 0.25) is 0 Å². The molecule has 0 amide bonds. The summed E-state index contributed by atoms with van der Waals surface area (Å²) in [5.74, 6) is 0.326. The summed E-state index contributed by atoms with van der Waals surface area (Å²) in [6.07, 6.45) is -1.14. The quantitative estimate of drug-likeness (QED) is 0.261. The Morgan fingerprint density at radius 3 is 2.19 bits per heavy atom. The number of hydrogen-bond acceptors (Lipinski definition) is 6. The van der Waals surface area contributed by atoms with Crippen molar-refractivity contribution in [2.24, 2.45) is 0 Å². The predicted molar refractivity (Wildman–Crippen MR) is 55.8 cm³/mol. The van der Waals surface area contributed by atoms with E-state index >= 15 is 0 Å². The van der Waals surface area contributed by atoms with E-state index in [9.17, 15) is 4.79 Å². The number of benzene rings is 1. The van der Waals surface area contributed by atoms with Gasteiger partial charge in [-0.2, -0.15) is 5.26 Å². The third kappa shape index (κ3) is 9.93. The van der Waals surface area contributed by atoms with E-state index in [1.165, 1.54) is 0 Å². The van der Waals surface area contributed by atoms with Crippen molar-refractivity contribution in [2.45, 2.75) is 7.43 Å². The first-order chi connectivity index (χ1) is 7.06. The topological polar surface area (TPSA) is 98.9 Å². The zero-order valence-corrected chi connectivity index (χ0v) is 7.82. The van der Waals surface area contributed by atoms with E-state index in [-0.39, 0.29) is 7.43 Å². The van der Waals surface area contributed by atoms with Crippen LogP contribution in [0.5, 0.6) is 5.75 Å². The van der Waals surface area contributed by atoms with Gasteiger partial charge in [0.2, 0.25) is 0 Å². The normalized spacial score (nSPS) is 7.62. The van der Waals surface area contributed by atoms with E-state index in [1.807, 2.05) is 0 Å². The van der Waals surface area contributed by atoms with Crippen molar-refractivity contribution in [1.29, 1.82) is 0 Å². The van der Waals surface area contributed by atoms with Gasteiger partial charge in [-0.25, -0.2) is 4.79 Å². The molecule has 0 aliphatic heterocycles. The van der Waals surface area contributed by atoms with Gasteiger partial charge in [-0.3, -0.25) is 15.0 Å². The summed E-state index contributed by atoms with van der Waals surface area (Å²) in [6.45, 7) is 0. The van der Waals surface area contributed by atoms with Crippen LogP contribution in [0.4, 0.5) is 4.79 Å². The van der Waals surface area contributed by atoms with Crippen molar-refractivity contribution >= 4 is 6.16 Å². The van der Waals surface area contributed by atoms with E-state index in [0.717, 1.165) is 7.05 Å². The van der Waals surface area contributed by atoms with Crippen LogP contribution in [0.15, 0.2) is 30.3 Å². The minimum absolute atomic E-state index is 0. The Morgan fingerprint density at radius 1 is 1.38 bits per heavy atom. The molecule has 0 unspecified atom stereocenters. The third-order valence-electron chi connectivity index (χ3n) is 1.02. The van der Waals surface area contributed by atoms with Crippen molar-refractivity contribution in [3.8, 4) is 5.75 Å². The lowest BCUT2D eigenvalue weighted by molar-refractivity contribution is -0.445. The average Bonchev–Trinajstić information content (AvgIpc) is 2.18. The molecule has 1 aromatic carbocycles. The SMILES string of the molecule is C.C[N+](=O)[O-].O=C(OO)Oc1ccccc1. The standard InChI is InChI=1S/C7H6O4.CH3NO2.CH4/c8-7(11-9)10-6-4-2-1-3-5-6;1-2(3)4;/h1-5,9H;1H3;1H4. The highest BCUT2D eigenvalue weighted by molar-refractivity contribution is 5.62. The molecule has 0 aromatic heterocycles. The molecular weight excluding hydrogens is 218 g/mol. The highest BCUT2D eigenvalue weighted by atomic mass is 17.1. The smallest absolute Gasteiger partial charge is 0.393 e. The van der Waals surface area contributed by atoms with Crippen molar-refractivity contribution in [3.05, 3.63) is 40.4 Å². The lowest BCUT2D eigenvalue weighted by Crippen LogP contribution is -2.07. The first-order valence-electron chi connectivity index (χ1n) is 3.72. The van der Waals surface area contributed by atoms with Crippen molar-refractivity contribution in [1.82, 2.24) is 0 Å². The summed E-state index contributed by atoms with van der Waals surface area (Å²) >= 11 is 0. The van der Waals surface area contributed by atoms with Crippen molar-refractivity contribution in [2.75, 3.05) is 7.05 Å². The number of rotatable bonds is 1. The van der Waals surface area contributed by atoms with Gasteiger partial charge < -0.3 is 4.74 Å². The molecule has 0 radical (unpaired) electrons. The highest BCUT2D eigenvalue weighted by Gasteiger charge is 2.02. The molecule has 0 saturated heterocycles. The van der Waals surface area contributed by atoms with Crippen LogP contribution in [0.1, 0.15) is 7.43 Å². The molecule has 1 N–H and O–H groups in total. The Bertz CT molecular complexity index is 309. The Hall–Kier alpha value is -2.15. The average molecular weight is 231 g/mol. The molecule has 0 heterocycles. The Balaban J connectivity index is 0. The monoisotopic (exact) mass is 231 g/mol. The summed E-state index contributed by atoms with van der Waals surface area (Å²) in [5, 5.41) is 16.6. The van der Waals surface area contributed by atoms with Gasteiger partial charge in [0.05, 0.1) is 0 Å². The lowest BCUT2D eigenvalue weighted by atomic mass is 10.3.